The number of nitrogens with zero attached hydrogens (tertiary/aromatic N) is 2. The first-order chi connectivity index (χ1) is 15.5. The standard InChI is InChI=1S/C24H33N3O5S/c1-16-6-9-20(10-7-16)33(30,31)25-19-8-11-22-21(12-19)24(29)27(18(3)15-28)13-17(2)23(32-22)14-26(4)5/h6-12,17-18,23,25,28H,13-15H2,1-5H3/t17-,18+,23-/m0/s1. The lowest BCUT2D eigenvalue weighted by atomic mass is 9.99. The first-order valence-corrected chi connectivity index (χ1v) is 12.5. The van der Waals surface area contributed by atoms with E-state index in [1.54, 1.807) is 36.1 Å². The highest BCUT2D eigenvalue weighted by molar-refractivity contribution is 7.92. The Morgan fingerprint density at radius 2 is 1.88 bits per heavy atom. The van der Waals surface area contributed by atoms with Crippen molar-refractivity contribution in [1.82, 2.24) is 9.80 Å². The zero-order valence-corrected chi connectivity index (χ0v) is 20.6. The second kappa shape index (κ2) is 10.1. The average molecular weight is 476 g/mol. The highest BCUT2D eigenvalue weighted by Gasteiger charge is 2.33. The number of amides is 1. The number of likely N-dealkylation sites (N-methyl/N-ethyl adjacent to an activating group) is 1. The molecule has 0 unspecified atom stereocenters. The van der Waals surface area contributed by atoms with Gasteiger partial charge in [-0.05, 0) is 58.3 Å². The highest BCUT2D eigenvalue weighted by Crippen LogP contribution is 2.31. The number of hydrogen-bond acceptors (Lipinski definition) is 6. The van der Waals surface area contributed by atoms with E-state index in [0.717, 1.165) is 5.56 Å². The lowest BCUT2D eigenvalue weighted by molar-refractivity contribution is 0.0363. The normalized spacial score (nSPS) is 20.0. The van der Waals surface area contributed by atoms with Crippen molar-refractivity contribution >= 4 is 21.6 Å². The lowest BCUT2D eigenvalue weighted by Gasteiger charge is -2.37. The number of nitrogens with one attached hydrogen (secondary N) is 1. The molecule has 1 aliphatic rings. The summed E-state index contributed by atoms with van der Waals surface area (Å²) in [6.45, 7) is 6.59. The van der Waals surface area contributed by atoms with Crippen LogP contribution < -0.4 is 9.46 Å². The molecule has 2 aromatic rings. The predicted octanol–water partition coefficient (Wildman–Crippen LogP) is 2.58. The summed E-state index contributed by atoms with van der Waals surface area (Å²) in [5.74, 6) is 0.114. The minimum absolute atomic E-state index is 0.0261. The number of anilines is 1. The third kappa shape index (κ3) is 5.85. The van der Waals surface area contributed by atoms with Crippen molar-refractivity contribution < 1.29 is 23.1 Å². The molecule has 0 spiro atoms. The molecule has 1 heterocycles. The summed E-state index contributed by atoms with van der Waals surface area (Å²) in [7, 11) is 0.0899. The largest absolute Gasteiger partial charge is 0.488 e. The van der Waals surface area contributed by atoms with Crippen LogP contribution in [0.1, 0.15) is 29.8 Å². The first-order valence-electron chi connectivity index (χ1n) is 11.0. The number of benzene rings is 2. The van der Waals surface area contributed by atoms with Gasteiger partial charge in [-0.1, -0.05) is 24.6 Å². The van der Waals surface area contributed by atoms with Crippen molar-refractivity contribution in [1.29, 1.82) is 0 Å². The molecule has 3 rings (SSSR count). The molecule has 0 saturated carbocycles. The maximum Gasteiger partial charge on any atom is 0.261 e. The fourth-order valence-electron chi connectivity index (χ4n) is 3.80. The molecule has 9 heteroatoms. The summed E-state index contributed by atoms with van der Waals surface area (Å²) < 4.78 is 34.5. The van der Waals surface area contributed by atoms with Crippen LogP contribution in [-0.4, -0.2) is 75.2 Å². The first kappa shape index (κ1) is 25.0. The van der Waals surface area contributed by atoms with Gasteiger partial charge in [0.15, 0.2) is 0 Å². The van der Waals surface area contributed by atoms with Gasteiger partial charge in [0.25, 0.3) is 15.9 Å². The van der Waals surface area contributed by atoms with Crippen LogP contribution in [0.5, 0.6) is 5.75 Å². The fourth-order valence-corrected chi connectivity index (χ4v) is 4.84. The summed E-state index contributed by atoms with van der Waals surface area (Å²) in [6, 6.07) is 10.9. The minimum Gasteiger partial charge on any atom is -0.488 e. The van der Waals surface area contributed by atoms with E-state index in [-0.39, 0.29) is 46.7 Å². The zero-order valence-electron chi connectivity index (χ0n) is 19.8. The number of carbonyl (C=O) groups is 1. The van der Waals surface area contributed by atoms with Gasteiger partial charge in [-0.25, -0.2) is 8.42 Å². The van der Waals surface area contributed by atoms with E-state index in [9.17, 15) is 18.3 Å². The lowest BCUT2D eigenvalue weighted by Crippen LogP contribution is -2.49. The monoisotopic (exact) mass is 475 g/mol. The topological polar surface area (TPSA) is 99.2 Å². The summed E-state index contributed by atoms with van der Waals surface area (Å²) in [5.41, 5.74) is 1.48. The van der Waals surface area contributed by atoms with Crippen molar-refractivity contribution in [2.24, 2.45) is 5.92 Å². The van der Waals surface area contributed by atoms with Gasteiger partial charge in [0.2, 0.25) is 0 Å². The Hall–Kier alpha value is -2.62. The van der Waals surface area contributed by atoms with Crippen LogP contribution in [0.15, 0.2) is 47.4 Å². The number of rotatable bonds is 7. The number of aryl methyl sites for hydroxylation is 1. The molecule has 0 bridgehead atoms. The van der Waals surface area contributed by atoms with E-state index >= 15 is 0 Å². The van der Waals surface area contributed by atoms with Crippen molar-refractivity contribution in [2.75, 3.05) is 38.5 Å². The number of aliphatic hydroxyl groups is 1. The van der Waals surface area contributed by atoms with Crippen LogP contribution in [0.2, 0.25) is 0 Å². The maximum absolute atomic E-state index is 13.4. The van der Waals surface area contributed by atoms with Crippen LogP contribution in [0.25, 0.3) is 0 Å². The molecule has 0 fully saturated rings. The Balaban J connectivity index is 2.00. The predicted molar refractivity (Wildman–Crippen MR) is 128 cm³/mol. The van der Waals surface area contributed by atoms with E-state index in [2.05, 4.69) is 4.72 Å². The Morgan fingerprint density at radius 1 is 1.21 bits per heavy atom. The van der Waals surface area contributed by atoms with Crippen LogP contribution in [0.3, 0.4) is 0 Å². The maximum atomic E-state index is 13.4. The Labute approximate surface area is 196 Å². The molecule has 1 aliphatic heterocycles. The minimum atomic E-state index is -3.82. The molecule has 0 saturated heterocycles. The number of ether oxygens (including phenoxy) is 1. The van der Waals surface area contributed by atoms with Crippen molar-refractivity contribution in [3.05, 3.63) is 53.6 Å². The van der Waals surface area contributed by atoms with Crippen molar-refractivity contribution in [3.63, 3.8) is 0 Å². The van der Waals surface area contributed by atoms with Gasteiger partial charge in [0.05, 0.1) is 23.1 Å². The SMILES string of the molecule is Cc1ccc(S(=O)(=O)Nc2ccc3c(c2)C(=O)N([C@H](C)CO)C[C@H](C)[C@H](CN(C)C)O3)cc1. The van der Waals surface area contributed by atoms with Crippen LogP contribution in [0, 0.1) is 12.8 Å². The van der Waals surface area contributed by atoms with Gasteiger partial charge in [-0.2, -0.15) is 0 Å². The Bertz CT molecular complexity index is 1090. The second-order valence-electron chi connectivity index (χ2n) is 9.01. The molecule has 0 aromatic heterocycles. The van der Waals surface area contributed by atoms with Crippen LogP contribution in [0.4, 0.5) is 5.69 Å². The number of hydrogen-bond donors (Lipinski definition) is 2. The molecule has 0 radical (unpaired) electrons. The van der Waals surface area contributed by atoms with Gasteiger partial charge < -0.3 is 19.6 Å². The summed E-state index contributed by atoms with van der Waals surface area (Å²) in [4.78, 5) is 17.2. The number of aliphatic hydroxyl groups excluding tert-OH is 1. The van der Waals surface area contributed by atoms with E-state index in [0.29, 0.717) is 18.8 Å². The Morgan fingerprint density at radius 3 is 2.48 bits per heavy atom. The van der Waals surface area contributed by atoms with E-state index < -0.39 is 10.0 Å². The van der Waals surface area contributed by atoms with Gasteiger partial charge >= 0.3 is 0 Å². The van der Waals surface area contributed by atoms with Crippen LogP contribution >= 0.6 is 0 Å². The molecule has 1 amide bonds. The molecule has 0 aliphatic carbocycles. The number of sulfonamides is 1. The van der Waals surface area contributed by atoms with Gasteiger partial charge in [0.1, 0.15) is 11.9 Å². The molecule has 33 heavy (non-hydrogen) atoms. The van der Waals surface area contributed by atoms with E-state index in [4.69, 9.17) is 4.74 Å². The van der Waals surface area contributed by atoms with Crippen molar-refractivity contribution in [3.8, 4) is 5.75 Å². The van der Waals surface area contributed by atoms with Crippen LogP contribution in [-0.2, 0) is 10.0 Å². The third-order valence-electron chi connectivity index (χ3n) is 5.79. The van der Waals surface area contributed by atoms with Gasteiger partial charge in [-0.15, -0.1) is 0 Å². The summed E-state index contributed by atoms with van der Waals surface area (Å²) in [6.07, 6.45) is -0.185. The van der Waals surface area contributed by atoms with E-state index in [1.165, 1.54) is 18.2 Å². The quantitative estimate of drug-likeness (QED) is 0.639. The molecule has 2 N–H and O–H groups in total. The van der Waals surface area contributed by atoms with E-state index in [1.807, 2.05) is 32.8 Å². The molecule has 180 valence electrons. The molecule has 3 atom stereocenters. The molecule has 8 nitrogen and oxygen atoms in total. The fraction of sp³-hybridized carbons (Fsp3) is 0.458. The number of fused-ring (bicyclic) bond motifs is 1. The average Bonchev–Trinajstić information content (AvgIpc) is 2.76. The van der Waals surface area contributed by atoms with Gasteiger partial charge in [0, 0.05) is 24.7 Å². The number of carbonyl (C=O) groups excluding carboxylic acids is 1. The van der Waals surface area contributed by atoms with Gasteiger partial charge in [-0.3, -0.25) is 9.52 Å². The highest BCUT2D eigenvalue weighted by atomic mass is 32.2. The van der Waals surface area contributed by atoms with Crippen molar-refractivity contribution in [2.45, 2.75) is 37.8 Å². The Kier molecular flexibility index (Phi) is 7.66. The smallest absolute Gasteiger partial charge is 0.261 e. The zero-order chi connectivity index (χ0) is 24.3. The molecule has 2 aromatic carbocycles. The molecular weight excluding hydrogens is 442 g/mol. The summed E-state index contributed by atoms with van der Waals surface area (Å²) >= 11 is 0. The second-order valence-corrected chi connectivity index (χ2v) is 10.7. The summed E-state index contributed by atoms with van der Waals surface area (Å²) in [5, 5.41) is 9.74. The molecular formula is C24H33N3O5S. The third-order valence-corrected chi connectivity index (χ3v) is 7.19.